The van der Waals surface area contributed by atoms with Gasteiger partial charge in [-0.25, -0.2) is 4.98 Å². The zero-order valence-corrected chi connectivity index (χ0v) is 17.4. The first-order chi connectivity index (χ1) is 11.7. The Morgan fingerprint density at radius 1 is 1.27 bits per heavy atom. The van der Waals surface area contributed by atoms with E-state index >= 15 is 0 Å². The van der Waals surface area contributed by atoms with Crippen molar-refractivity contribution >= 4 is 42.1 Å². The van der Waals surface area contributed by atoms with Crippen molar-refractivity contribution in [3.63, 3.8) is 0 Å². The molecule has 0 bridgehead atoms. The van der Waals surface area contributed by atoms with Gasteiger partial charge in [-0.15, -0.1) is 36.2 Å². The number of rotatable bonds is 5. The molecular weight excluding hydrogens is 393 g/mol. The van der Waals surface area contributed by atoms with Crippen molar-refractivity contribution in [2.24, 2.45) is 0 Å². The van der Waals surface area contributed by atoms with Gasteiger partial charge in [-0.1, -0.05) is 0 Å². The molecule has 0 atom stereocenters. The van der Waals surface area contributed by atoms with Gasteiger partial charge in [0, 0.05) is 11.6 Å². The van der Waals surface area contributed by atoms with Gasteiger partial charge in [0.1, 0.15) is 15.6 Å². The Bertz CT molecular complexity index is 701. The number of nitrogens with zero attached hydrogens (tertiary/aromatic N) is 1. The molecule has 5 nitrogen and oxygen atoms in total. The van der Waals surface area contributed by atoms with E-state index in [0.717, 1.165) is 47.9 Å². The van der Waals surface area contributed by atoms with Crippen molar-refractivity contribution < 1.29 is 9.53 Å². The number of thiazole rings is 1. The summed E-state index contributed by atoms with van der Waals surface area (Å²) in [7, 11) is 0. The van der Waals surface area contributed by atoms with E-state index in [4.69, 9.17) is 4.74 Å². The second-order valence-electron chi connectivity index (χ2n) is 5.89. The van der Waals surface area contributed by atoms with Crippen molar-refractivity contribution in [1.29, 1.82) is 0 Å². The highest BCUT2D eigenvalue weighted by Gasteiger charge is 2.20. The maximum absolute atomic E-state index is 12.5. The molecule has 3 rings (SSSR count). The lowest BCUT2D eigenvalue weighted by atomic mass is 10.1. The molecule has 1 aliphatic heterocycles. The number of piperidine rings is 1. The largest absolute Gasteiger partial charge is 0.494 e. The number of benzene rings is 1. The number of ether oxygens (including phenoxy) is 1. The fourth-order valence-corrected chi connectivity index (χ4v) is 3.78. The minimum atomic E-state index is -0.00548. The molecule has 0 aliphatic carbocycles. The van der Waals surface area contributed by atoms with Crippen LogP contribution in [0.3, 0.4) is 0 Å². The summed E-state index contributed by atoms with van der Waals surface area (Å²) in [6, 6.07) is 8.10. The van der Waals surface area contributed by atoms with Crippen LogP contribution in [0.5, 0.6) is 5.75 Å². The molecule has 0 spiro atoms. The Hall–Kier alpha value is -1.34. The summed E-state index contributed by atoms with van der Waals surface area (Å²) in [6.07, 6.45) is 1.96. The molecule has 1 aliphatic rings. The monoisotopic (exact) mass is 417 g/mol. The molecule has 144 valence electrons. The van der Waals surface area contributed by atoms with Crippen LogP contribution in [0.25, 0.3) is 10.6 Å². The zero-order valence-electron chi connectivity index (χ0n) is 14.9. The second-order valence-corrected chi connectivity index (χ2v) is 6.89. The van der Waals surface area contributed by atoms with Crippen LogP contribution in [0.1, 0.15) is 35.1 Å². The Morgan fingerprint density at radius 2 is 1.92 bits per heavy atom. The number of hydrogen-bond donors (Lipinski definition) is 2. The summed E-state index contributed by atoms with van der Waals surface area (Å²) in [4.78, 5) is 17.8. The van der Waals surface area contributed by atoms with Crippen molar-refractivity contribution in [2.45, 2.75) is 32.7 Å². The molecule has 2 aromatic rings. The van der Waals surface area contributed by atoms with Crippen LogP contribution < -0.4 is 15.4 Å². The van der Waals surface area contributed by atoms with E-state index in [9.17, 15) is 4.79 Å². The SMILES string of the molecule is CCOc1ccc(-c2nc(C)c(C(=O)NC3CCNCC3)s2)cc1.Cl.Cl. The fraction of sp³-hybridized carbons (Fsp3) is 0.444. The quantitative estimate of drug-likeness (QED) is 0.775. The molecule has 1 saturated heterocycles. The third-order valence-corrected chi connectivity index (χ3v) is 5.29. The summed E-state index contributed by atoms with van der Waals surface area (Å²) in [5, 5.41) is 7.31. The van der Waals surface area contributed by atoms with Crippen molar-refractivity contribution in [3.8, 4) is 16.3 Å². The molecule has 0 saturated carbocycles. The van der Waals surface area contributed by atoms with E-state index in [2.05, 4.69) is 15.6 Å². The van der Waals surface area contributed by atoms with Gasteiger partial charge in [0.25, 0.3) is 5.91 Å². The number of carbonyl (C=O) groups excluding carboxylic acids is 1. The summed E-state index contributed by atoms with van der Waals surface area (Å²) >= 11 is 1.45. The number of carbonyl (C=O) groups is 1. The lowest BCUT2D eigenvalue weighted by Gasteiger charge is -2.23. The van der Waals surface area contributed by atoms with Gasteiger partial charge in [0.15, 0.2) is 0 Å². The van der Waals surface area contributed by atoms with Crippen LogP contribution in [-0.2, 0) is 0 Å². The van der Waals surface area contributed by atoms with Gasteiger partial charge in [0.2, 0.25) is 0 Å². The number of aromatic nitrogens is 1. The Morgan fingerprint density at radius 3 is 2.54 bits per heavy atom. The number of nitrogens with one attached hydrogen (secondary N) is 2. The molecule has 1 amide bonds. The average Bonchev–Trinajstić information content (AvgIpc) is 2.99. The predicted octanol–water partition coefficient (Wildman–Crippen LogP) is 3.84. The standard InChI is InChI=1S/C18H23N3O2S.2ClH/c1-3-23-15-6-4-13(5-7-15)18-20-12(2)16(24-18)17(22)21-14-8-10-19-11-9-14;;/h4-7,14,19H,3,8-11H2,1-2H3,(H,21,22);2*1H. The predicted molar refractivity (Wildman–Crippen MR) is 111 cm³/mol. The summed E-state index contributed by atoms with van der Waals surface area (Å²) in [5.74, 6) is 0.840. The number of amides is 1. The molecular formula is C18H25Cl2N3O2S. The van der Waals surface area contributed by atoms with Gasteiger partial charge >= 0.3 is 0 Å². The normalized spacial score (nSPS) is 14.1. The van der Waals surface area contributed by atoms with Crippen LogP contribution in [0.15, 0.2) is 24.3 Å². The molecule has 2 N–H and O–H groups in total. The molecule has 1 fully saturated rings. The number of halogens is 2. The molecule has 26 heavy (non-hydrogen) atoms. The molecule has 8 heteroatoms. The molecule has 1 aromatic carbocycles. The van der Waals surface area contributed by atoms with E-state index in [1.54, 1.807) is 0 Å². The molecule has 1 aromatic heterocycles. The topological polar surface area (TPSA) is 63.2 Å². The minimum Gasteiger partial charge on any atom is -0.494 e. The van der Waals surface area contributed by atoms with Gasteiger partial charge in [-0.05, 0) is 64.0 Å². The van der Waals surface area contributed by atoms with E-state index < -0.39 is 0 Å². The van der Waals surface area contributed by atoms with Crippen molar-refractivity contribution in [3.05, 3.63) is 34.8 Å². The number of hydrogen-bond acceptors (Lipinski definition) is 5. The first kappa shape index (κ1) is 22.7. The third kappa shape index (κ3) is 5.58. The van der Waals surface area contributed by atoms with Crippen molar-refractivity contribution in [2.75, 3.05) is 19.7 Å². The van der Waals surface area contributed by atoms with E-state index in [0.29, 0.717) is 11.5 Å². The van der Waals surface area contributed by atoms with Crippen LogP contribution >= 0.6 is 36.2 Å². The molecule has 0 radical (unpaired) electrons. The Balaban J connectivity index is 0.00000169. The highest BCUT2D eigenvalue weighted by Crippen LogP contribution is 2.29. The summed E-state index contributed by atoms with van der Waals surface area (Å²) < 4.78 is 5.46. The maximum atomic E-state index is 12.5. The average molecular weight is 418 g/mol. The van der Waals surface area contributed by atoms with Gasteiger partial charge in [-0.2, -0.15) is 0 Å². The Kier molecular flexibility index (Phi) is 9.36. The summed E-state index contributed by atoms with van der Waals surface area (Å²) in [6.45, 7) is 6.43. The lowest BCUT2D eigenvalue weighted by Crippen LogP contribution is -2.42. The van der Waals surface area contributed by atoms with Crippen LogP contribution in [0, 0.1) is 6.92 Å². The van der Waals surface area contributed by atoms with Gasteiger partial charge in [-0.3, -0.25) is 4.79 Å². The number of aryl methyl sites for hydroxylation is 1. The van der Waals surface area contributed by atoms with Gasteiger partial charge < -0.3 is 15.4 Å². The van der Waals surface area contributed by atoms with E-state index in [1.807, 2.05) is 38.1 Å². The third-order valence-electron chi connectivity index (χ3n) is 4.09. The summed E-state index contributed by atoms with van der Waals surface area (Å²) in [5.41, 5.74) is 1.79. The highest BCUT2D eigenvalue weighted by atomic mass is 35.5. The van der Waals surface area contributed by atoms with Crippen LogP contribution in [0.2, 0.25) is 0 Å². The first-order valence-electron chi connectivity index (χ1n) is 8.39. The van der Waals surface area contributed by atoms with E-state index in [1.165, 1.54) is 11.3 Å². The minimum absolute atomic E-state index is 0. The molecule has 0 unspecified atom stereocenters. The highest BCUT2D eigenvalue weighted by molar-refractivity contribution is 7.17. The van der Waals surface area contributed by atoms with Crippen LogP contribution in [-0.4, -0.2) is 36.6 Å². The van der Waals surface area contributed by atoms with Crippen LogP contribution in [0.4, 0.5) is 0 Å². The van der Waals surface area contributed by atoms with E-state index in [-0.39, 0.29) is 36.8 Å². The molecule has 2 heterocycles. The fourth-order valence-electron chi connectivity index (χ4n) is 2.81. The second kappa shape index (κ2) is 10.7. The van der Waals surface area contributed by atoms with Gasteiger partial charge in [0.05, 0.1) is 12.3 Å². The smallest absolute Gasteiger partial charge is 0.263 e. The lowest BCUT2D eigenvalue weighted by molar-refractivity contribution is 0.0933. The van der Waals surface area contributed by atoms with Crippen molar-refractivity contribution in [1.82, 2.24) is 15.6 Å². The maximum Gasteiger partial charge on any atom is 0.263 e. The zero-order chi connectivity index (χ0) is 16.9. The Labute approximate surface area is 170 Å². The first-order valence-corrected chi connectivity index (χ1v) is 9.21.